The highest BCUT2D eigenvalue weighted by Gasteiger charge is 2.63. The van der Waals surface area contributed by atoms with Crippen molar-refractivity contribution in [1.29, 1.82) is 0 Å². The van der Waals surface area contributed by atoms with Crippen LogP contribution in [0.15, 0.2) is 0 Å². The van der Waals surface area contributed by atoms with Gasteiger partial charge in [0.2, 0.25) is 0 Å². The first-order valence-electron chi connectivity index (χ1n) is 7.50. The van der Waals surface area contributed by atoms with E-state index in [4.69, 9.17) is 0 Å². The molecule has 1 unspecified atom stereocenters. The summed E-state index contributed by atoms with van der Waals surface area (Å²) in [5.41, 5.74) is -3.13. The van der Waals surface area contributed by atoms with Crippen molar-refractivity contribution in [3.63, 3.8) is 0 Å². The maximum Gasteiger partial charge on any atom is 0.0880 e. The highest BCUT2D eigenvalue weighted by atomic mass is 16.3. The maximum absolute atomic E-state index is 11.2. The fourth-order valence-corrected chi connectivity index (χ4v) is 4.34. The largest absolute Gasteiger partial charge is 0.393 e. The van der Waals surface area contributed by atoms with Crippen LogP contribution in [-0.4, -0.2) is 55.5 Å². The molecule has 2 aliphatic rings. The molecule has 0 saturated heterocycles. The summed E-state index contributed by atoms with van der Waals surface area (Å²) >= 11 is 0. The van der Waals surface area contributed by atoms with Crippen molar-refractivity contribution >= 4 is 0 Å². The van der Waals surface area contributed by atoms with Crippen molar-refractivity contribution in [1.82, 2.24) is 0 Å². The molecule has 2 fully saturated rings. The Kier molecular flexibility index (Phi) is 3.98. The number of rotatable bonds is 2. The van der Waals surface area contributed by atoms with Gasteiger partial charge in [-0.2, -0.15) is 0 Å². The number of hydrogen-bond donors (Lipinski definition) is 5. The highest BCUT2D eigenvalue weighted by molar-refractivity contribution is 5.13. The molecule has 0 bridgehead atoms. The normalized spacial score (nSPS) is 52.2. The third kappa shape index (κ3) is 2.11. The van der Waals surface area contributed by atoms with Crippen molar-refractivity contribution in [2.75, 3.05) is 6.61 Å². The molecule has 0 aromatic rings. The molecular formula is C15H28O5. The summed E-state index contributed by atoms with van der Waals surface area (Å²) < 4.78 is 0. The highest BCUT2D eigenvalue weighted by Crippen LogP contribution is 2.57. The number of aliphatic hydroxyl groups is 5. The molecule has 0 heterocycles. The lowest BCUT2D eigenvalue weighted by Crippen LogP contribution is -2.68. The minimum absolute atomic E-state index is 0.164. The zero-order chi connectivity index (χ0) is 15.3. The van der Waals surface area contributed by atoms with Crippen LogP contribution in [0.5, 0.6) is 0 Å². The summed E-state index contributed by atoms with van der Waals surface area (Å²) in [4.78, 5) is 0. The molecule has 0 radical (unpaired) electrons. The lowest BCUT2D eigenvalue weighted by Gasteiger charge is -2.61. The Bertz CT molecular complexity index is 371. The molecule has 0 aromatic carbocycles. The average molecular weight is 288 g/mol. The average Bonchev–Trinajstić information content (AvgIpc) is 2.39. The first-order valence-corrected chi connectivity index (χ1v) is 7.50. The van der Waals surface area contributed by atoms with Crippen molar-refractivity contribution in [3.05, 3.63) is 0 Å². The van der Waals surface area contributed by atoms with Gasteiger partial charge in [0.1, 0.15) is 0 Å². The molecule has 118 valence electrons. The lowest BCUT2D eigenvalue weighted by molar-refractivity contribution is -0.259. The Hall–Kier alpha value is -0.200. The van der Waals surface area contributed by atoms with E-state index in [1.54, 1.807) is 6.92 Å². The number of fused-ring (bicyclic) bond motifs is 1. The van der Waals surface area contributed by atoms with Gasteiger partial charge in [-0.05, 0) is 44.4 Å². The van der Waals surface area contributed by atoms with E-state index in [0.29, 0.717) is 25.7 Å². The number of hydrogen-bond acceptors (Lipinski definition) is 5. The summed E-state index contributed by atoms with van der Waals surface area (Å²) in [6.07, 6.45) is 0.0489. The van der Waals surface area contributed by atoms with E-state index in [0.717, 1.165) is 0 Å². The molecule has 7 atom stereocenters. The second kappa shape index (κ2) is 4.92. The van der Waals surface area contributed by atoms with Gasteiger partial charge in [-0.15, -0.1) is 0 Å². The molecule has 0 aliphatic heterocycles. The fraction of sp³-hybridized carbons (Fsp3) is 1.00. The second-order valence-electron chi connectivity index (χ2n) is 7.45. The van der Waals surface area contributed by atoms with Gasteiger partial charge in [0.25, 0.3) is 0 Å². The van der Waals surface area contributed by atoms with Gasteiger partial charge >= 0.3 is 0 Å². The van der Waals surface area contributed by atoms with Gasteiger partial charge in [0.15, 0.2) is 0 Å². The molecular weight excluding hydrogens is 260 g/mol. The van der Waals surface area contributed by atoms with Crippen LogP contribution < -0.4 is 0 Å². The van der Waals surface area contributed by atoms with Gasteiger partial charge in [-0.25, -0.2) is 0 Å². The van der Waals surface area contributed by atoms with Gasteiger partial charge in [-0.3, -0.25) is 0 Å². The summed E-state index contributed by atoms with van der Waals surface area (Å²) in [5.74, 6) is -0.376. The van der Waals surface area contributed by atoms with Gasteiger partial charge in [0, 0.05) is 5.41 Å². The maximum atomic E-state index is 11.2. The zero-order valence-electron chi connectivity index (χ0n) is 12.6. The van der Waals surface area contributed by atoms with Crippen LogP contribution in [0.3, 0.4) is 0 Å². The Labute approximate surface area is 120 Å². The summed E-state index contributed by atoms with van der Waals surface area (Å²) in [6, 6.07) is 0. The van der Waals surface area contributed by atoms with E-state index in [2.05, 4.69) is 0 Å². The molecule has 5 nitrogen and oxygen atoms in total. The predicted molar refractivity (Wildman–Crippen MR) is 73.9 cm³/mol. The number of aliphatic hydroxyl groups excluding tert-OH is 3. The van der Waals surface area contributed by atoms with E-state index < -0.39 is 28.8 Å². The molecule has 0 aromatic heterocycles. The topological polar surface area (TPSA) is 101 Å². The van der Waals surface area contributed by atoms with Crippen molar-refractivity contribution in [2.24, 2.45) is 17.3 Å². The summed E-state index contributed by atoms with van der Waals surface area (Å²) in [7, 11) is 0. The minimum atomic E-state index is -1.22. The molecule has 5 N–H and O–H groups in total. The predicted octanol–water partition coefficient (Wildman–Crippen LogP) is 0.0288. The first kappa shape index (κ1) is 16.2. The third-order valence-electron chi connectivity index (χ3n) is 6.19. The van der Waals surface area contributed by atoms with Crippen LogP contribution in [0, 0.1) is 17.3 Å². The second-order valence-corrected chi connectivity index (χ2v) is 7.45. The van der Waals surface area contributed by atoms with E-state index in [9.17, 15) is 25.5 Å². The van der Waals surface area contributed by atoms with Crippen LogP contribution in [0.2, 0.25) is 0 Å². The van der Waals surface area contributed by atoms with E-state index in [1.165, 1.54) is 0 Å². The summed E-state index contributed by atoms with van der Waals surface area (Å²) in [5, 5.41) is 51.1. The fourth-order valence-electron chi connectivity index (χ4n) is 4.34. The molecule has 0 amide bonds. The van der Waals surface area contributed by atoms with Gasteiger partial charge in [-0.1, -0.05) is 13.8 Å². The van der Waals surface area contributed by atoms with Crippen LogP contribution in [0.25, 0.3) is 0 Å². The molecule has 20 heavy (non-hydrogen) atoms. The molecule has 2 aliphatic carbocycles. The van der Waals surface area contributed by atoms with Crippen LogP contribution in [0.1, 0.15) is 46.5 Å². The van der Waals surface area contributed by atoms with E-state index >= 15 is 0 Å². The quantitative estimate of drug-likeness (QED) is 0.493. The van der Waals surface area contributed by atoms with E-state index in [1.807, 2.05) is 13.8 Å². The van der Waals surface area contributed by atoms with Crippen molar-refractivity contribution < 1.29 is 25.5 Å². The van der Waals surface area contributed by atoms with Crippen molar-refractivity contribution in [3.8, 4) is 0 Å². The minimum Gasteiger partial charge on any atom is -0.393 e. The zero-order valence-corrected chi connectivity index (χ0v) is 12.6. The molecule has 2 rings (SSSR count). The third-order valence-corrected chi connectivity index (χ3v) is 6.19. The van der Waals surface area contributed by atoms with Crippen LogP contribution >= 0.6 is 0 Å². The standard InChI is InChI=1S/C15H28O5/c1-9-6-11(17)12(18)13(2)5-4-10(7-15(9,13)20)14(3,19)8-16/h9-12,16-20H,4-8H2,1-3H3/t9-,10+,11-,12+,13-,14?,15+/m0/s1. The monoisotopic (exact) mass is 288 g/mol. The first-order chi connectivity index (χ1) is 9.08. The van der Waals surface area contributed by atoms with Crippen LogP contribution in [0.4, 0.5) is 0 Å². The smallest absolute Gasteiger partial charge is 0.0880 e. The molecule has 5 heteroatoms. The van der Waals surface area contributed by atoms with Gasteiger partial charge in [0.05, 0.1) is 30.0 Å². The lowest BCUT2D eigenvalue weighted by atomic mass is 9.49. The van der Waals surface area contributed by atoms with Gasteiger partial charge < -0.3 is 25.5 Å². The Morgan fingerprint density at radius 2 is 1.90 bits per heavy atom. The Balaban J connectivity index is 2.32. The molecule has 2 saturated carbocycles. The van der Waals surface area contributed by atoms with E-state index in [-0.39, 0.29) is 18.4 Å². The Morgan fingerprint density at radius 3 is 2.45 bits per heavy atom. The van der Waals surface area contributed by atoms with Crippen molar-refractivity contribution in [2.45, 2.75) is 69.9 Å². The summed E-state index contributed by atoms with van der Waals surface area (Å²) in [6.45, 7) is 4.94. The molecule has 0 spiro atoms. The SMILES string of the molecule is C[C@H]1C[C@H](O)[C@@H](O)[C@]2(C)CC[C@@H](C(C)(O)CO)C[C@@]12O. The van der Waals surface area contributed by atoms with Crippen LogP contribution in [-0.2, 0) is 0 Å². The Morgan fingerprint density at radius 1 is 1.30 bits per heavy atom.